The molecule has 1 unspecified atom stereocenters. The fourth-order valence-corrected chi connectivity index (χ4v) is 2.10. The zero-order chi connectivity index (χ0) is 10.7. The molecule has 0 amide bonds. The molecule has 0 radical (unpaired) electrons. The van der Waals surface area contributed by atoms with E-state index >= 15 is 0 Å². The van der Waals surface area contributed by atoms with E-state index in [9.17, 15) is 0 Å². The van der Waals surface area contributed by atoms with E-state index in [1.54, 1.807) is 17.5 Å². The van der Waals surface area contributed by atoms with Crippen LogP contribution in [0.15, 0.2) is 18.6 Å². The van der Waals surface area contributed by atoms with Crippen LogP contribution in [0.4, 0.5) is 0 Å². The van der Waals surface area contributed by atoms with Crippen molar-refractivity contribution in [2.75, 3.05) is 0 Å². The van der Waals surface area contributed by atoms with Crippen LogP contribution in [0.5, 0.6) is 0 Å². The van der Waals surface area contributed by atoms with Crippen molar-refractivity contribution in [3.8, 4) is 0 Å². The molecule has 0 saturated carbocycles. The van der Waals surface area contributed by atoms with E-state index in [2.05, 4.69) is 34.1 Å². The maximum Gasteiger partial charge on any atom is 0.120 e. The third-order valence-electron chi connectivity index (χ3n) is 2.14. The van der Waals surface area contributed by atoms with Gasteiger partial charge in [-0.25, -0.2) is 9.97 Å². The van der Waals surface area contributed by atoms with Crippen molar-refractivity contribution in [2.45, 2.75) is 26.4 Å². The lowest BCUT2D eigenvalue weighted by Crippen LogP contribution is -2.18. The number of aryl methyl sites for hydroxylation is 1. The van der Waals surface area contributed by atoms with Crippen LogP contribution in [0.2, 0.25) is 0 Å². The molecule has 1 atom stereocenters. The fourth-order valence-electron chi connectivity index (χ4n) is 1.30. The predicted molar refractivity (Wildman–Crippen MR) is 60.7 cm³/mol. The molecule has 2 N–H and O–H groups in total. The van der Waals surface area contributed by atoms with Gasteiger partial charge in [-0.05, 0) is 13.8 Å². The van der Waals surface area contributed by atoms with Gasteiger partial charge in [-0.2, -0.15) is 0 Å². The molecule has 2 aromatic rings. The molecule has 0 saturated heterocycles. The molecule has 80 valence electrons. The van der Waals surface area contributed by atoms with Gasteiger partial charge in [0.05, 0.1) is 12.6 Å². The normalized spacial score (nSPS) is 12.9. The second kappa shape index (κ2) is 4.55. The number of aromatic amines is 1. The molecule has 0 aliphatic carbocycles. The Kier molecular flexibility index (Phi) is 3.13. The van der Waals surface area contributed by atoms with Crippen LogP contribution < -0.4 is 5.32 Å². The minimum atomic E-state index is 0.272. The number of imidazole rings is 1. The lowest BCUT2D eigenvalue weighted by Gasteiger charge is -2.09. The number of hydrogen-bond donors (Lipinski definition) is 2. The quantitative estimate of drug-likeness (QED) is 0.832. The molecule has 0 aromatic carbocycles. The number of rotatable bonds is 4. The Labute approximate surface area is 92.8 Å². The van der Waals surface area contributed by atoms with Crippen molar-refractivity contribution in [3.63, 3.8) is 0 Å². The summed E-state index contributed by atoms with van der Waals surface area (Å²) < 4.78 is 0. The lowest BCUT2D eigenvalue weighted by atomic mass is 10.3. The van der Waals surface area contributed by atoms with Crippen molar-refractivity contribution < 1.29 is 0 Å². The average Bonchev–Trinajstić information content (AvgIpc) is 2.84. The maximum atomic E-state index is 4.34. The van der Waals surface area contributed by atoms with E-state index in [1.165, 1.54) is 4.88 Å². The summed E-state index contributed by atoms with van der Waals surface area (Å²) in [6.07, 6.45) is 5.50. The Hall–Kier alpha value is -1.20. The molecule has 5 heteroatoms. The SMILES string of the molecule is Cc1cnc(C(C)NCc2ncc[nH]2)s1. The topological polar surface area (TPSA) is 53.6 Å². The van der Waals surface area contributed by atoms with Gasteiger partial charge in [0.25, 0.3) is 0 Å². The molecule has 0 bridgehead atoms. The highest BCUT2D eigenvalue weighted by Gasteiger charge is 2.08. The Morgan fingerprint density at radius 3 is 3.00 bits per heavy atom. The molecule has 4 nitrogen and oxygen atoms in total. The first-order chi connectivity index (χ1) is 7.25. The Morgan fingerprint density at radius 1 is 1.53 bits per heavy atom. The summed E-state index contributed by atoms with van der Waals surface area (Å²) in [6, 6.07) is 0.272. The minimum absolute atomic E-state index is 0.272. The van der Waals surface area contributed by atoms with E-state index in [0.29, 0.717) is 0 Å². The van der Waals surface area contributed by atoms with E-state index in [0.717, 1.165) is 17.4 Å². The van der Waals surface area contributed by atoms with Crippen molar-refractivity contribution in [1.29, 1.82) is 0 Å². The van der Waals surface area contributed by atoms with Gasteiger partial charge < -0.3 is 10.3 Å². The Morgan fingerprint density at radius 2 is 2.40 bits per heavy atom. The Balaban J connectivity index is 1.90. The fraction of sp³-hybridized carbons (Fsp3) is 0.400. The second-order valence-corrected chi connectivity index (χ2v) is 4.71. The number of thiazole rings is 1. The van der Waals surface area contributed by atoms with Gasteiger partial charge in [0, 0.05) is 23.5 Å². The van der Waals surface area contributed by atoms with Crippen LogP contribution in [-0.4, -0.2) is 15.0 Å². The van der Waals surface area contributed by atoms with Gasteiger partial charge in [-0.3, -0.25) is 0 Å². The molecule has 15 heavy (non-hydrogen) atoms. The summed E-state index contributed by atoms with van der Waals surface area (Å²) in [4.78, 5) is 12.8. The van der Waals surface area contributed by atoms with Crippen LogP contribution in [0.3, 0.4) is 0 Å². The van der Waals surface area contributed by atoms with Crippen LogP contribution in [-0.2, 0) is 6.54 Å². The molecule has 2 aromatic heterocycles. The van der Waals surface area contributed by atoms with Gasteiger partial charge >= 0.3 is 0 Å². The zero-order valence-electron chi connectivity index (χ0n) is 8.82. The third kappa shape index (κ3) is 2.64. The van der Waals surface area contributed by atoms with E-state index in [4.69, 9.17) is 0 Å². The highest BCUT2D eigenvalue weighted by atomic mass is 32.1. The molecular weight excluding hydrogens is 208 g/mol. The van der Waals surface area contributed by atoms with Gasteiger partial charge in [0.2, 0.25) is 0 Å². The van der Waals surface area contributed by atoms with Crippen molar-refractivity contribution >= 4 is 11.3 Å². The summed E-state index contributed by atoms with van der Waals surface area (Å²) >= 11 is 1.73. The predicted octanol–water partition coefficient (Wildman–Crippen LogP) is 2.03. The van der Waals surface area contributed by atoms with Gasteiger partial charge in [0.15, 0.2) is 0 Å². The first-order valence-electron chi connectivity index (χ1n) is 4.89. The molecular formula is C10H14N4S. The van der Waals surface area contributed by atoms with Gasteiger partial charge in [0.1, 0.15) is 10.8 Å². The summed E-state index contributed by atoms with van der Waals surface area (Å²) in [5.74, 6) is 0.954. The van der Waals surface area contributed by atoms with Crippen LogP contribution in [0.1, 0.15) is 28.7 Å². The molecule has 0 spiro atoms. The van der Waals surface area contributed by atoms with E-state index in [1.807, 2.05) is 12.4 Å². The maximum absolute atomic E-state index is 4.34. The number of hydrogen-bond acceptors (Lipinski definition) is 4. The minimum Gasteiger partial charge on any atom is -0.348 e. The summed E-state index contributed by atoms with van der Waals surface area (Å²) in [5, 5.41) is 4.49. The van der Waals surface area contributed by atoms with Gasteiger partial charge in [-0.1, -0.05) is 0 Å². The Bertz CT molecular complexity index is 407. The van der Waals surface area contributed by atoms with Crippen LogP contribution in [0.25, 0.3) is 0 Å². The van der Waals surface area contributed by atoms with Crippen molar-refractivity contribution in [3.05, 3.63) is 34.3 Å². The third-order valence-corrected chi connectivity index (χ3v) is 3.24. The highest BCUT2D eigenvalue weighted by molar-refractivity contribution is 7.11. The standard InChI is InChI=1S/C10H14N4S/c1-7-5-14-10(15-7)8(2)13-6-9-11-3-4-12-9/h3-5,8,13H,6H2,1-2H3,(H,11,12). The van der Waals surface area contributed by atoms with Gasteiger partial charge in [-0.15, -0.1) is 11.3 Å². The summed E-state index contributed by atoms with van der Waals surface area (Å²) in [5.41, 5.74) is 0. The van der Waals surface area contributed by atoms with E-state index in [-0.39, 0.29) is 6.04 Å². The number of H-pyrrole nitrogens is 1. The van der Waals surface area contributed by atoms with E-state index < -0.39 is 0 Å². The molecule has 0 aliphatic heterocycles. The zero-order valence-corrected chi connectivity index (χ0v) is 9.64. The monoisotopic (exact) mass is 222 g/mol. The average molecular weight is 222 g/mol. The van der Waals surface area contributed by atoms with Crippen molar-refractivity contribution in [2.24, 2.45) is 0 Å². The first kappa shape index (κ1) is 10.3. The smallest absolute Gasteiger partial charge is 0.120 e. The molecule has 2 heterocycles. The number of nitrogens with one attached hydrogen (secondary N) is 2. The summed E-state index contributed by atoms with van der Waals surface area (Å²) in [7, 11) is 0. The molecule has 2 rings (SSSR count). The summed E-state index contributed by atoms with van der Waals surface area (Å²) in [6.45, 7) is 4.93. The number of nitrogens with zero attached hydrogens (tertiary/aromatic N) is 2. The van der Waals surface area contributed by atoms with Crippen LogP contribution >= 0.6 is 11.3 Å². The molecule has 0 fully saturated rings. The lowest BCUT2D eigenvalue weighted by molar-refractivity contribution is 0.559. The van der Waals surface area contributed by atoms with Crippen molar-refractivity contribution in [1.82, 2.24) is 20.3 Å². The van der Waals surface area contributed by atoms with Crippen LogP contribution in [0, 0.1) is 6.92 Å². The second-order valence-electron chi connectivity index (χ2n) is 3.45. The number of aromatic nitrogens is 3. The highest BCUT2D eigenvalue weighted by Crippen LogP contribution is 2.18. The largest absolute Gasteiger partial charge is 0.348 e. The molecule has 0 aliphatic rings. The first-order valence-corrected chi connectivity index (χ1v) is 5.71.